The lowest BCUT2D eigenvalue weighted by atomic mass is 9.76. The van der Waals surface area contributed by atoms with Crippen molar-refractivity contribution in [3.05, 3.63) is 47.5 Å². The molecule has 1 aliphatic carbocycles. The number of carbonyl (C=O) groups excluding carboxylic acids is 1. The summed E-state index contributed by atoms with van der Waals surface area (Å²) in [6.45, 7) is 4.15. The van der Waals surface area contributed by atoms with Gasteiger partial charge in [0.15, 0.2) is 5.78 Å². The van der Waals surface area contributed by atoms with E-state index in [1.807, 2.05) is 12.1 Å². The van der Waals surface area contributed by atoms with Gasteiger partial charge >= 0.3 is 0 Å². The van der Waals surface area contributed by atoms with Crippen LogP contribution < -0.4 is 0 Å². The van der Waals surface area contributed by atoms with E-state index in [0.717, 1.165) is 10.9 Å². The summed E-state index contributed by atoms with van der Waals surface area (Å²) in [5, 5.41) is 1.32. The highest BCUT2D eigenvalue weighted by Crippen LogP contribution is 2.38. The van der Waals surface area contributed by atoms with Crippen molar-refractivity contribution < 1.29 is 4.79 Å². The molecule has 1 aromatic carbocycles. The number of alkyl halides is 2. The number of hydrogen-bond acceptors (Lipinski definition) is 1. The van der Waals surface area contributed by atoms with Crippen LogP contribution in [0.1, 0.15) is 47.5 Å². The van der Waals surface area contributed by atoms with Crippen LogP contribution in [0.15, 0.2) is 36.4 Å². The predicted octanol–water partition coefficient (Wildman–Crippen LogP) is 5.49. The molecule has 1 fully saturated rings. The normalized spacial score (nSPS) is 22.5. The Hall–Kier alpha value is -0.410. The van der Waals surface area contributed by atoms with Crippen LogP contribution in [0.25, 0.3) is 0 Å². The molecule has 0 heterocycles. The first-order chi connectivity index (χ1) is 9.65. The van der Waals surface area contributed by atoms with Gasteiger partial charge in [-0.1, -0.05) is 68.3 Å². The topological polar surface area (TPSA) is 17.1 Å². The Morgan fingerprint density at radius 3 is 2.15 bits per heavy atom. The number of ketones is 1. The molecule has 1 aliphatic rings. The highest BCUT2D eigenvalue weighted by Gasteiger charge is 2.23. The van der Waals surface area contributed by atoms with Crippen molar-refractivity contribution in [2.24, 2.45) is 5.92 Å². The lowest BCUT2D eigenvalue weighted by molar-refractivity contribution is 0.102. The molecule has 1 nitrogen and oxygen atoms in total. The molecule has 1 aromatic rings. The fraction of sp³-hybridized carbons (Fsp3) is 0.471. The third kappa shape index (κ3) is 3.82. The summed E-state index contributed by atoms with van der Waals surface area (Å²) in [6, 6.07) is 8.17. The van der Waals surface area contributed by atoms with Crippen molar-refractivity contribution in [1.29, 1.82) is 0 Å². The van der Waals surface area contributed by atoms with E-state index in [-0.39, 0.29) is 5.78 Å². The highest BCUT2D eigenvalue weighted by atomic mass is 79.9. The van der Waals surface area contributed by atoms with Gasteiger partial charge in [-0.3, -0.25) is 4.79 Å². The van der Waals surface area contributed by atoms with Gasteiger partial charge in [0, 0.05) is 10.9 Å². The molecule has 108 valence electrons. The molecule has 0 unspecified atom stereocenters. The number of Topliss-reactive ketones (excluding diaryl/α,β-unsaturated/α-hetero) is 1. The van der Waals surface area contributed by atoms with Crippen LogP contribution in [0, 0.1) is 5.92 Å². The van der Waals surface area contributed by atoms with Crippen molar-refractivity contribution >= 4 is 37.6 Å². The molecular formula is C17H20Br2O. The second-order valence-electron chi connectivity index (χ2n) is 5.52. The molecule has 0 aliphatic heterocycles. The second kappa shape index (κ2) is 7.56. The molecule has 0 saturated heterocycles. The van der Waals surface area contributed by atoms with Crippen LogP contribution in [0.5, 0.6) is 0 Å². The number of rotatable bonds is 5. The Labute approximate surface area is 138 Å². The Morgan fingerprint density at radius 2 is 1.65 bits per heavy atom. The minimum absolute atomic E-state index is 0.147. The summed E-state index contributed by atoms with van der Waals surface area (Å²) in [5.74, 6) is 1.47. The summed E-state index contributed by atoms with van der Waals surface area (Å²) in [5.41, 5.74) is 3.51. The smallest absolute Gasteiger partial charge is 0.173 e. The highest BCUT2D eigenvalue weighted by molar-refractivity contribution is 9.09. The van der Waals surface area contributed by atoms with E-state index in [4.69, 9.17) is 0 Å². The number of allylic oxidation sites excluding steroid dienone is 1. The van der Waals surface area contributed by atoms with Gasteiger partial charge in [-0.05, 0) is 43.1 Å². The van der Waals surface area contributed by atoms with E-state index in [9.17, 15) is 4.79 Å². The van der Waals surface area contributed by atoms with Crippen LogP contribution in [0.4, 0.5) is 0 Å². The quantitative estimate of drug-likeness (QED) is 0.363. The van der Waals surface area contributed by atoms with Crippen LogP contribution >= 0.6 is 31.9 Å². The minimum atomic E-state index is 0.147. The lowest BCUT2D eigenvalue weighted by Crippen LogP contribution is -2.15. The van der Waals surface area contributed by atoms with Gasteiger partial charge in [0.05, 0.1) is 5.33 Å². The molecular weight excluding hydrogens is 380 g/mol. The average molecular weight is 400 g/mol. The Morgan fingerprint density at radius 1 is 1.05 bits per heavy atom. The molecule has 0 N–H and O–H groups in total. The molecule has 20 heavy (non-hydrogen) atoms. The van der Waals surface area contributed by atoms with Crippen molar-refractivity contribution in [2.75, 3.05) is 10.7 Å². The first-order valence-electron chi connectivity index (χ1n) is 7.08. The minimum Gasteiger partial charge on any atom is -0.293 e. The van der Waals surface area contributed by atoms with Gasteiger partial charge in [-0.2, -0.15) is 0 Å². The Bertz CT molecular complexity index is 470. The van der Waals surface area contributed by atoms with E-state index in [1.165, 1.54) is 36.8 Å². The Kier molecular flexibility index (Phi) is 6.03. The monoisotopic (exact) mass is 398 g/mol. The van der Waals surface area contributed by atoms with E-state index >= 15 is 0 Å². The van der Waals surface area contributed by atoms with E-state index in [2.05, 4.69) is 50.6 Å². The van der Waals surface area contributed by atoms with E-state index < -0.39 is 0 Å². The second-order valence-corrected chi connectivity index (χ2v) is 6.64. The lowest BCUT2D eigenvalue weighted by Gasteiger charge is -2.29. The van der Waals surface area contributed by atoms with Gasteiger partial charge in [0.2, 0.25) is 0 Å². The fourth-order valence-electron chi connectivity index (χ4n) is 2.96. The van der Waals surface area contributed by atoms with Crippen LogP contribution in [0.2, 0.25) is 0 Å². The predicted molar refractivity (Wildman–Crippen MR) is 92.2 cm³/mol. The summed E-state index contributed by atoms with van der Waals surface area (Å²) in [7, 11) is 0. The first kappa shape index (κ1) is 16.0. The van der Waals surface area contributed by atoms with Crippen molar-refractivity contribution in [3.8, 4) is 0 Å². The molecule has 0 aromatic heterocycles. The zero-order chi connectivity index (χ0) is 14.5. The average Bonchev–Trinajstić information content (AvgIpc) is 2.53. The maximum absolute atomic E-state index is 11.6. The van der Waals surface area contributed by atoms with Gasteiger partial charge in [0.25, 0.3) is 0 Å². The molecule has 1 saturated carbocycles. The maximum Gasteiger partial charge on any atom is 0.173 e. The summed E-state index contributed by atoms with van der Waals surface area (Å²) in [6.07, 6.45) is 4.92. The molecule has 0 spiro atoms. The molecule has 0 atom stereocenters. The van der Waals surface area contributed by atoms with Crippen LogP contribution in [-0.4, -0.2) is 16.4 Å². The first-order valence-corrected chi connectivity index (χ1v) is 9.32. The summed E-state index contributed by atoms with van der Waals surface area (Å²) < 4.78 is 0. The zero-order valence-corrected chi connectivity index (χ0v) is 14.8. The SMILES string of the molecule is C=C(CBr)C1CCC(c2ccc(C(=O)CBr)cc2)CC1. The van der Waals surface area contributed by atoms with E-state index in [0.29, 0.717) is 17.2 Å². The molecule has 0 bridgehead atoms. The fourth-order valence-corrected chi connectivity index (χ4v) is 3.74. The molecule has 0 amide bonds. The zero-order valence-electron chi connectivity index (χ0n) is 11.6. The van der Waals surface area contributed by atoms with Crippen molar-refractivity contribution in [3.63, 3.8) is 0 Å². The molecule has 2 rings (SSSR count). The number of benzene rings is 1. The van der Waals surface area contributed by atoms with Gasteiger partial charge in [-0.15, -0.1) is 0 Å². The third-order valence-electron chi connectivity index (χ3n) is 4.30. The van der Waals surface area contributed by atoms with Crippen molar-refractivity contribution in [1.82, 2.24) is 0 Å². The van der Waals surface area contributed by atoms with Gasteiger partial charge in [-0.25, -0.2) is 0 Å². The maximum atomic E-state index is 11.6. The van der Waals surface area contributed by atoms with Crippen LogP contribution in [-0.2, 0) is 0 Å². The summed E-state index contributed by atoms with van der Waals surface area (Å²) in [4.78, 5) is 11.6. The molecule has 3 heteroatoms. The third-order valence-corrected chi connectivity index (χ3v) is 5.53. The number of carbonyl (C=O) groups is 1. The Balaban J connectivity index is 1.97. The van der Waals surface area contributed by atoms with Gasteiger partial charge < -0.3 is 0 Å². The van der Waals surface area contributed by atoms with Crippen LogP contribution in [0.3, 0.4) is 0 Å². The molecule has 0 radical (unpaired) electrons. The standard InChI is InChI=1S/C17H20Br2O/c1-12(10-18)13-2-4-14(5-3-13)15-6-8-16(9-7-15)17(20)11-19/h6-9,13-14H,1-5,10-11H2. The van der Waals surface area contributed by atoms with Gasteiger partial charge in [0.1, 0.15) is 0 Å². The summed E-state index contributed by atoms with van der Waals surface area (Å²) >= 11 is 6.72. The number of hydrogen-bond donors (Lipinski definition) is 0. The largest absolute Gasteiger partial charge is 0.293 e. The van der Waals surface area contributed by atoms with E-state index in [1.54, 1.807) is 0 Å². The van der Waals surface area contributed by atoms with Crippen molar-refractivity contribution in [2.45, 2.75) is 31.6 Å². The number of halogens is 2.